The van der Waals surface area contributed by atoms with Gasteiger partial charge < -0.3 is 21.9 Å². The number of benzene rings is 1. The molecule has 1 saturated heterocycles. The van der Waals surface area contributed by atoms with Gasteiger partial charge in [0.2, 0.25) is 0 Å². The summed E-state index contributed by atoms with van der Waals surface area (Å²) in [5, 5.41) is 0. The van der Waals surface area contributed by atoms with E-state index in [2.05, 4.69) is 43.9 Å². The van der Waals surface area contributed by atoms with Crippen molar-refractivity contribution in [2.24, 2.45) is 0 Å². The van der Waals surface area contributed by atoms with E-state index in [9.17, 15) is 0 Å². The largest absolute Gasteiger partial charge is 1.00 e. The molecule has 114 valence electrons. The topological polar surface area (TPSA) is 21.7 Å². The van der Waals surface area contributed by atoms with Gasteiger partial charge in [0.1, 0.15) is 12.4 Å². The van der Waals surface area contributed by atoms with Crippen LogP contribution in [-0.2, 0) is 4.74 Å². The molecule has 1 aromatic rings. The number of hydrogen-bond acceptors (Lipinski definition) is 3. The lowest BCUT2D eigenvalue weighted by molar-refractivity contribution is -0.00000723. The molecule has 0 atom stereocenters. The summed E-state index contributed by atoms with van der Waals surface area (Å²) in [6, 6.07) is 6.42. The van der Waals surface area contributed by atoms with Gasteiger partial charge in [-0.2, -0.15) is 0 Å². The molecule has 1 aliphatic heterocycles. The van der Waals surface area contributed by atoms with E-state index in [-0.39, 0.29) is 12.4 Å². The lowest BCUT2D eigenvalue weighted by atomic mass is 9.98. The summed E-state index contributed by atoms with van der Waals surface area (Å²) in [4.78, 5) is 2.39. The van der Waals surface area contributed by atoms with Gasteiger partial charge in [0.15, 0.2) is 0 Å². The predicted octanol–water partition coefficient (Wildman–Crippen LogP) is -0.167. The summed E-state index contributed by atoms with van der Waals surface area (Å²) >= 11 is 0. The molecule has 1 heterocycles. The molecule has 3 nitrogen and oxygen atoms in total. The van der Waals surface area contributed by atoms with Crippen molar-refractivity contribution in [2.45, 2.75) is 26.7 Å². The van der Waals surface area contributed by atoms with Crippen LogP contribution in [0, 0.1) is 6.92 Å². The van der Waals surface area contributed by atoms with Gasteiger partial charge in [-0.15, -0.1) is 0 Å². The maximum absolute atomic E-state index is 5.84. The van der Waals surface area contributed by atoms with Crippen LogP contribution in [0.15, 0.2) is 18.2 Å². The third-order valence-electron chi connectivity index (χ3n) is 3.64. The van der Waals surface area contributed by atoms with Crippen LogP contribution in [0.3, 0.4) is 0 Å². The first-order valence-corrected chi connectivity index (χ1v) is 7.20. The number of hydrogen-bond donors (Lipinski definition) is 0. The van der Waals surface area contributed by atoms with Crippen LogP contribution in [0.25, 0.3) is 0 Å². The Kier molecular flexibility index (Phi) is 7.35. The first-order chi connectivity index (χ1) is 9.16. The third kappa shape index (κ3) is 4.97. The smallest absolute Gasteiger partial charge is 0.119 e. The summed E-state index contributed by atoms with van der Waals surface area (Å²) in [5.41, 5.74) is 2.72. The van der Waals surface area contributed by atoms with Crippen LogP contribution in [-0.4, -0.2) is 44.4 Å². The van der Waals surface area contributed by atoms with E-state index in [1.807, 2.05) is 0 Å². The second kappa shape index (κ2) is 8.50. The van der Waals surface area contributed by atoms with Gasteiger partial charge >= 0.3 is 0 Å². The van der Waals surface area contributed by atoms with E-state index < -0.39 is 0 Å². The van der Waals surface area contributed by atoms with Crippen molar-refractivity contribution < 1.29 is 21.9 Å². The molecule has 0 aliphatic carbocycles. The minimum absolute atomic E-state index is 0. The van der Waals surface area contributed by atoms with E-state index in [1.165, 1.54) is 11.1 Å². The second-order valence-electron chi connectivity index (χ2n) is 5.48. The zero-order valence-electron chi connectivity index (χ0n) is 12.7. The normalized spacial score (nSPS) is 16.0. The maximum atomic E-state index is 5.84. The van der Waals surface area contributed by atoms with E-state index >= 15 is 0 Å². The Balaban J connectivity index is 0.00000200. The molecule has 0 N–H and O–H groups in total. The summed E-state index contributed by atoms with van der Waals surface area (Å²) in [6.45, 7) is 12.1. The number of halogens is 1. The Hall–Kier alpha value is -0.770. The number of morpholine rings is 1. The monoisotopic (exact) mass is 298 g/mol. The van der Waals surface area contributed by atoms with Crippen molar-refractivity contribution in [3.63, 3.8) is 0 Å². The Morgan fingerprint density at radius 1 is 1.25 bits per heavy atom. The Bertz CT molecular complexity index is 403. The van der Waals surface area contributed by atoms with Crippen molar-refractivity contribution in [1.82, 2.24) is 4.90 Å². The molecular weight excluding hydrogens is 274 g/mol. The molecule has 1 aliphatic rings. The van der Waals surface area contributed by atoms with Crippen molar-refractivity contribution in [1.29, 1.82) is 0 Å². The van der Waals surface area contributed by atoms with Gasteiger partial charge in [0.25, 0.3) is 0 Å². The van der Waals surface area contributed by atoms with E-state index in [0.29, 0.717) is 5.92 Å². The van der Waals surface area contributed by atoms with Gasteiger partial charge in [-0.3, -0.25) is 4.90 Å². The first-order valence-electron chi connectivity index (χ1n) is 7.20. The molecule has 0 saturated carbocycles. The number of nitrogens with zero attached hydrogens (tertiary/aromatic N) is 1. The maximum Gasteiger partial charge on any atom is 0.119 e. The van der Waals surface area contributed by atoms with Gasteiger partial charge in [-0.1, -0.05) is 19.9 Å². The van der Waals surface area contributed by atoms with Crippen molar-refractivity contribution in [3.8, 4) is 5.75 Å². The Morgan fingerprint density at radius 2 is 1.95 bits per heavy atom. The molecule has 0 amide bonds. The fourth-order valence-corrected chi connectivity index (χ4v) is 2.50. The summed E-state index contributed by atoms with van der Waals surface area (Å²) in [5.74, 6) is 1.55. The van der Waals surface area contributed by atoms with Crippen LogP contribution < -0.4 is 17.1 Å². The third-order valence-corrected chi connectivity index (χ3v) is 3.64. The number of aryl methyl sites for hydroxylation is 1. The Morgan fingerprint density at radius 3 is 2.55 bits per heavy atom. The molecule has 4 heteroatoms. The highest BCUT2D eigenvalue weighted by Gasteiger charge is 2.10. The second-order valence-corrected chi connectivity index (χ2v) is 5.48. The van der Waals surface area contributed by atoms with Gasteiger partial charge in [0, 0.05) is 19.6 Å². The fraction of sp³-hybridized carbons (Fsp3) is 0.625. The highest BCUT2D eigenvalue weighted by Crippen LogP contribution is 2.23. The van der Waals surface area contributed by atoms with Crippen LogP contribution in [0.5, 0.6) is 5.75 Å². The van der Waals surface area contributed by atoms with Crippen LogP contribution >= 0.6 is 0 Å². The summed E-state index contributed by atoms with van der Waals surface area (Å²) < 4.78 is 11.2. The molecule has 0 spiro atoms. The molecule has 0 aromatic heterocycles. The van der Waals surface area contributed by atoms with Crippen molar-refractivity contribution in [3.05, 3.63) is 29.3 Å². The van der Waals surface area contributed by atoms with Crippen molar-refractivity contribution in [2.75, 3.05) is 39.5 Å². The van der Waals surface area contributed by atoms with Gasteiger partial charge in [-0.25, -0.2) is 0 Å². The minimum Gasteiger partial charge on any atom is -1.00 e. The van der Waals surface area contributed by atoms with E-state index in [4.69, 9.17) is 9.47 Å². The highest BCUT2D eigenvalue weighted by molar-refractivity contribution is 5.36. The molecule has 0 radical (unpaired) electrons. The van der Waals surface area contributed by atoms with E-state index in [0.717, 1.165) is 45.2 Å². The molecule has 1 aromatic carbocycles. The molecule has 0 unspecified atom stereocenters. The molecule has 0 bridgehead atoms. The predicted molar refractivity (Wildman–Crippen MR) is 78.0 cm³/mol. The van der Waals surface area contributed by atoms with Crippen LogP contribution in [0.1, 0.15) is 30.9 Å². The Labute approximate surface area is 128 Å². The number of ether oxygens (including phenoxy) is 2. The average molecular weight is 299 g/mol. The minimum atomic E-state index is 0. The molecule has 1 fully saturated rings. The number of rotatable bonds is 5. The lowest BCUT2D eigenvalue weighted by Gasteiger charge is -2.26. The standard InChI is InChI=1S/C16H25NO2.ClH/c1-13(2)16-5-4-15(12-14(16)3)19-11-8-17-6-9-18-10-7-17;/h4-5,12-13H,6-11H2,1-3H3;1H/p-1. The quantitative estimate of drug-likeness (QED) is 0.754. The molecule has 2 rings (SSSR count). The highest BCUT2D eigenvalue weighted by atomic mass is 35.5. The zero-order chi connectivity index (χ0) is 13.7. The first kappa shape index (κ1) is 17.3. The average Bonchev–Trinajstić information content (AvgIpc) is 2.39. The van der Waals surface area contributed by atoms with Gasteiger partial charge in [-0.05, 0) is 36.1 Å². The molecular formula is C16H25ClNO2-. The lowest BCUT2D eigenvalue weighted by Crippen LogP contribution is -3.00. The van der Waals surface area contributed by atoms with Gasteiger partial charge in [0.05, 0.1) is 13.2 Å². The van der Waals surface area contributed by atoms with E-state index in [1.54, 1.807) is 0 Å². The van der Waals surface area contributed by atoms with Crippen LogP contribution in [0.4, 0.5) is 0 Å². The van der Waals surface area contributed by atoms with Crippen LogP contribution in [0.2, 0.25) is 0 Å². The molecule has 20 heavy (non-hydrogen) atoms. The SMILES string of the molecule is Cc1cc(OCCN2CCOCC2)ccc1C(C)C.[Cl-]. The summed E-state index contributed by atoms with van der Waals surface area (Å²) in [7, 11) is 0. The van der Waals surface area contributed by atoms with Crippen molar-refractivity contribution >= 4 is 0 Å². The fourth-order valence-electron chi connectivity index (χ4n) is 2.50. The zero-order valence-corrected chi connectivity index (χ0v) is 13.4. The summed E-state index contributed by atoms with van der Waals surface area (Å²) in [6.07, 6.45) is 0.